The van der Waals surface area contributed by atoms with E-state index < -0.39 is 6.10 Å². The van der Waals surface area contributed by atoms with Crippen molar-refractivity contribution in [2.45, 2.75) is 70.8 Å². The third-order valence-electron chi connectivity index (χ3n) is 4.39. The molecule has 2 rings (SSSR count). The minimum absolute atomic E-state index is 0.0178. The molecule has 1 fully saturated rings. The van der Waals surface area contributed by atoms with Crippen LogP contribution in [-0.2, 0) is 20.7 Å². The molecule has 1 atom stereocenters. The maximum Gasteiger partial charge on any atom is 0.268 e. The number of carbonyl (C=O) groups is 2. The van der Waals surface area contributed by atoms with E-state index in [1.54, 1.807) is 0 Å². The highest BCUT2D eigenvalue weighted by molar-refractivity contribution is 5.92. The van der Waals surface area contributed by atoms with Gasteiger partial charge in [-0.25, -0.2) is 0 Å². The van der Waals surface area contributed by atoms with E-state index in [0.717, 1.165) is 18.4 Å². The van der Waals surface area contributed by atoms with Gasteiger partial charge in [0.2, 0.25) is 0 Å². The summed E-state index contributed by atoms with van der Waals surface area (Å²) in [6.07, 6.45) is 10.2. The van der Waals surface area contributed by atoms with Crippen LogP contribution in [0.25, 0.3) is 0 Å². The highest BCUT2D eigenvalue weighted by Crippen LogP contribution is 2.16. The first-order valence-electron chi connectivity index (χ1n) is 9.45. The summed E-state index contributed by atoms with van der Waals surface area (Å²) >= 11 is 0. The number of rotatable bonds is 11. The molecule has 1 N–H and O–H groups in total. The molecule has 0 saturated carbocycles. The van der Waals surface area contributed by atoms with Crippen LogP contribution in [0.2, 0.25) is 0 Å². The summed E-state index contributed by atoms with van der Waals surface area (Å²) < 4.78 is 5.60. The lowest BCUT2D eigenvalue weighted by Crippen LogP contribution is -2.25. The molecule has 25 heavy (non-hydrogen) atoms. The van der Waals surface area contributed by atoms with Crippen molar-refractivity contribution in [1.82, 2.24) is 5.32 Å². The smallest absolute Gasteiger partial charge is 0.268 e. The Morgan fingerprint density at radius 3 is 2.48 bits per heavy atom. The molecule has 4 heteroatoms. The van der Waals surface area contributed by atoms with Crippen molar-refractivity contribution in [3.8, 4) is 0 Å². The Bertz CT molecular complexity index is 580. The maximum absolute atomic E-state index is 12.0. The zero-order valence-electron chi connectivity index (χ0n) is 15.1. The molecule has 0 unspecified atom stereocenters. The van der Waals surface area contributed by atoms with Crippen LogP contribution in [-0.4, -0.2) is 17.8 Å². The summed E-state index contributed by atoms with van der Waals surface area (Å²) in [6.45, 7) is 2.21. The summed E-state index contributed by atoms with van der Waals surface area (Å²) in [5.41, 5.74) is 1.04. The van der Waals surface area contributed by atoms with E-state index in [2.05, 4.69) is 12.2 Å². The van der Waals surface area contributed by atoms with Gasteiger partial charge in [0.05, 0.1) is 0 Å². The molecule has 1 heterocycles. The van der Waals surface area contributed by atoms with Crippen molar-refractivity contribution in [2.24, 2.45) is 0 Å². The van der Waals surface area contributed by atoms with E-state index in [4.69, 9.17) is 4.74 Å². The fraction of sp³-hybridized carbons (Fsp3) is 0.524. The first kappa shape index (κ1) is 19.2. The zero-order chi connectivity index (χ0) is 17.9. The molecule has 1 aromatic carbocycles. The van der Waals surface area contributed by atoms with Crippen molar-refractivity contribution < 1.29 is 14.3 Å². The Kier molecular flexibility index (Phi) is 8.23. The van der Waals surface area contributed by atoms with Gasteiger partial charge in [0.15, 0.2) is 17.8 Å². The van der Waals surface area contributed by atoms with E-state index in [1.807, 2.05) is 30.3 Å². The molecule has 0 spiro atoms. The first-order chi connectivity index (χ1) is 12.2. The van der Waals surface area contributed by atoms with Crippen LogP contribution in [0, 0.1) is 0 Å². The van der Waals surface area contributed by atoms with Crippen molar-refractivity contribution in [3.05, 3.63) is 47.9 Å². The summed E-state index contributed by atoms with van der Waals surface area (Å²) in [5, 5.41) is 2.66. The van der Waals surface area contributed by atoms with Gasteiger partial charge in [-0.05, 0) is 12.0 Å². The monoisotopic (exact) mass is 343 g/mol. The van der Waals surface area contributed by atoms with E-state index >= 15 is 0 Å². The Morgan fingerprint density at radius 2 is 1.76 bits per heavy atom. The Balaban J connectivity index is 1.68. The summed E-state index contributed by atoms with van der Waals surface area (Å²) in [7, 11) is 0. The standard InChI is InChI=1S/C21H29NO3/c1-2-3-4-5-6-7-11-14-18(23)16-20-22-21(24)19(25-20)15-17-12-9-8-10-13-17/h8-10,12-13,16,19H,2-7,11,14-15H2,1H3,(H,22,24)/b20-16+/t19-/m0/s1. The molecule has 1 aromatic rings. The average Bonchev–Trinajstić information content (AvgIpc) is 2.94. The third kappa shape index (κ3) is 7.12. The first-order valence-corrected chi connectivity index (χ1v) is 9.45. The van der Waals surface area contributed by atoms with Gasteiger partial charge in [-0.3, -0.25) is 14.9 Å². The predicted octanol–water partition coefficient (Wildman–Crippen LogP) is 4.30. The van der Waals surface area contributed by atoms with E-state index in [0.29, 0.717) is 18.7 Å². The largest absolute Gasteiger partial charge is 0.465 e. The summed E-state index contributed by atoms with van der Waals surface area (Å²) in [4.78, 5) is 24.0. The van der Waals surface area contributed by atoms with Gasteiger partial charge in [0.1, 0.15) is 0 Å². The van der Waals surface area contributed by atoms with Crippen LogP contribution in [0.1, 0.15) is 63.9 Å². The lowest BCUT2D eigenvalue weighted by atomic mass is 10.1. The number of ether oxygens (including phenoxy) is 1. The van der Waals surface area contributed by atoms with Gasteiger partial charge in [0, 0.05) is 18.9 Å². The predicted molar refractivity (Wildman–Crippen MR) is 98.9 cm³/mol. The topological polar surface area (TPSA) is 55.4 Å². The number of hydrogen-bond donors (Lipinski definition) is 1. The Labute approximate surface area is 150 Å². The molecule has 1 aliphatic heterocycles. The molecule has 1 amide bonds. The molecule has 0 aliphatic carbocycles. The number of allylic oxidation sites excluding steroid dienone is 1. The number of nitrogens with one attached hydrogen (secondary N) is 1. The molecule has 0 aromatic heterocycles. The number of ketones is 1. The second-order valence-electron chi connectivity index (χ2n) is 6.63. The van der Waals surface area contributed by atoms with E-state index in [-0.39, 0.29) is 11.7 Å². The summed E-state index contributed by atoms with van der Waals surface area (Å²) in [6, 6.07) is 9.73. The number of benzene rings is 1. The second kappa shape index (κ2) is 10.7. The normalized spacial score (nSPS) is 18.2. The number of unbranched alkanes of at least 4 members (excludes halogenated alkanes) is 6. The van der Waals surface area contributed by atoms with Crippen molar-refractivity contribution in [2.75, 3.05) is 0 Å². The van der Waals surface area contributed by atoms with Crippen LogP contribution < -0.4 is 5.32 Å². The lowest BCUT2D eigenvalue weighted by molar-refractivity contribution is -0.123. The second-order valence-corrected chi connectivity index (χ2v) is 6.63. The lowest BCUT2D eigenvalue weighted by Gasteiger charge is -2.07. The van der Waals surface area contributed by atoms with Crippen LogP contribution in [0.5, 0.6) is 0 Å². The van der Waals surface area contributed by atoms with Gasteiger partial charge in [-0.15, -0.1) is 0 Å². The van der Waals surface area contributed by atoms with Crippen LogP contribution >= 0.6 is 0 Å². The molecule has 1 aliphatic rings. The van der Waals surface area contributed by atoms with E-state index in [9.17, 15) is 9.59 Å². The van der Waals surface area contributed by atoms with E-state index in [1.165, 1.54) is 38.2 Å². The zero-order valence-corrected chi connectivity index (χ0v) is 15.1. The molecular formula is C21H29NO3. The number of hydrogen-bond acceptors (Lipinski definition) is 3. The molecule has 0 radical (unpaired) electrons. The minimum Gasteiger partial charge on any atom is -0.465 e. The number of carbonyl (C=O) groups excluding carboxylic acids is 2. The van der Waals surface area contributed by atoms with Gasteiger partial charge in [-0.2, -0.15) is 0 Å². The Hall–Kier alpha value is -2.10. The molecule has 4 nitrogen and oxygen atoms in total. The third-order valence-corrected chi connectivity index (χ3v) is 4.39. The van der Waals surface area contributed by atoms with Crippen LogP contribution in [0.15, 0.2) is 42.3 Å². The van der Waals surface area contributed by atoms with Crippen LogP contribution in [0.3, 0.4) is 0 Å². The molecule has 1 saturated heterocycles. The quantitative estimate of drug-likeness (QED) is 0.481. The van der Waals surface area contributed by atoms with Gasteiger partial charge >= 0.3 is 0 Å². The van der Waals surface area contributed by atoms with Crippen molar-refractivity contribution in [3.63, 3.8) is 0 Å². The fourth-order valence-electron chi connectivity index (χ4n) is 2.95. The highest BCUT2D eigenvalue weighted by Gasteiger charge is 2.30. The van der Waals surface area contributed by atoms with Crippen LogP contribution in [0.4, 0.5) is 0 Å². The Morgan fingerprint density at radius 1 is 1.08 bits per heavy atom. The van der Waals surface area contributed by atoms with Crippen molar-refractivity contribution >= 4 is 11.7 Å². The average molecular weight is 343 g/mol. The maximum atomic E-state index is 12.0. The van der Waals surface area contributed by atoms with Gasteiger partial charge < -0.3 is 4.74 Å². The van der Waals surface area contributed by atoms with Crippen molar-refractivity contribution in [1.29, 1.82) is 0 Å². The fourth-order valence-corrected chi connectivity index (χ4v) is 2.95. The molecule has 136 valence electrons. The number of amides is 1. The highest BCUT2D eigenvalue weighted by atomic mass is 16.5. The van der Waals surface area contributed by atoms with Gasteiger partial charge in [0.25, 0.3) is 5.91 Å². The summed E-state index contributed by atoms with van der Waals surface area (Å²) in [5.74, 6) is 0.127. The molecule has 0 bridgehead atoms. The SMILES string of the molecule is CCCCCCCCCC(=O)/C=C1\NC(=O)[C@H](Cc2ccccc2)O1. The van der Waals surface area contributed by atoms with Gasteiger partial charge in [-0.1, -0.05) is 75.8 Å². The molecular weight excluding hydrogens is 314 g/mol. The minimum atomic E-state index is -0.556.